The second kappa shape index (κ2) is 3.80. The van der Waals surface area contributed by atoms with E-state index in [0.29, 0.717) is 0 Å². The highest BCUT2D eigenvalue weighted by Crippen LogP contribution is 1.61. The van der Waals surface area contributed by atoms with E-state index in [-0.39, 0.29) is 11.7 Å². The van der Waals surface area contributed by atoms with Crippen molar-refractivity contribution in [3.05, 3.63) is 0 Å². The van der Waals surface area contributed by atoms with Crippen LogP contribution in [0.3, 0.4) is 0 Å². The zero-order chi connectivity index (χ0) is 5.70. The van der Waals surface area contributed by atoms with Gasteiger partial charge in [-0.2, -0.15) is 0 Å². The van der Waals surface area contributed by atoms with Crippen LogP contribution in [0, 0.1) is 0 Å². The molecule has 0 unspecified atom stereocenters. The van der Waals surface area contributed by atoms with Gasteiger partial charge in [0.1, 0.15) is 6.67 Å². The average Bonchev–Trinajstić information content (AvgIpc) is 1.61. The highest BCUT2D eigenvalue weighted by Gasteiger charge is 1.81. The maximum atomic E-state index is 11.2. The molecule has 0 aliphatic carbocycles. The summed E-state index contributed by atoms with van der Waals surface area (Å²) in [6.45, 7) is -0.216. The molecule has 0 rings (SSSR count). The lowest BCUT2D eigenvalue weighted by Gasteiger charge is -1.95. The Morgan fingerprint density at radius 1 is 1.86 bits per heavy atom. The van der Waals surface area contributed by atoms with Crippen molar-refractivity contribution in [3.63, 3.8) is 0 Å². The van der Waals surface area contributed by atoms with Gasteiger partial charge in [-0.05, 0) is 12.2 Å². The first-order chi connectivity index (χ1) is 3.27. The number of hydrogen-bond donors (Lipinski definition) is 2. The molecule has 0 amide bonds. The fraction of sp³-hybridized carbons (Fsp3) is 0.667. The van der Waals surface area contributed by atoms with E-state index in [4.69, 9.17) is 5.73 Å². The Bertz CT molecular complexity index is 66.0. The van der Waals surface area contributed by atoms with Crippen LogP contribution in [0.1, 0.15) is 0 Å². The van der Waals surface area contributed by atoms with Crippen LogP contribution in [-0.4, -0.2) is 18.3 Å². The van der Waals surface area contributed by atoms with Gasteiger partial charge in [-0.25, -0.2) is 4.39 Å². The lowest BCUT2D eigenvalue weighted by Crippen LogP contribution is -2.30. The topological polar surface area (TPSA) is 38.0 Å². The Kier molecular flexibility index (Phi) is 3.59. The molecule has 0 saturated carbocycles. The van der Waals surface area contributed by atoms with E-state index in [1.54, 1.807) is 0 Å². The lowest BCUT2D eigenvalue weighted by molar-refractivity contribution is 0.491. The molecule has 2 nitrogen and oxygen atoms in total. The van der Waals surface area contributed by atoms with E-state index < -0.39 is 6.67 Å². The molecule has 0 aliphatic rings. The summed E-state index contributed by atoms with van der Waals surface area (Å²) in [7, 11) is 0. The molecule has 0 atom stereocenters. The van der Waals surface area contributed by atoms with Crippen molar-refractivity contribution in [2.45, 2.75) is 0 Å². The fourth-order valence-electron chi connectivity index (χ4n) is 0.170. The van der Waals surface area contributed by atoms with Crippen molar-refractivity contribution >= 4 is 17.3 Å². The first-order valence-corrected chi connectivity index (χ1v) is 2.27. The fourth-order valence-corrected chi connectivity index (χ4v) is 0.273. The van der Waals surface area contributed by atoms with Crippen molar-refractivity contribution in [2.75, 3.05) is 13.2 Å². The largest absolute Gasteiger partial charge is 0.376 e. The van der Waals surface area contributed by atoms with Crippen LogP contribution in [-0.2, 0) is 0 Å². The lowest BCUT2D eigenvalue weighted by atomic mass is 10.7. The van der Waals surface area contributed by atoms with Crippen molar-refractivity contribution < 1.29 is 4.39 Å². The summed E-state index contributed by atoms with van der Waals surface area (Å²) in [6, 6.07) is 0. The van der Waals surface area contributed by atoms with Gasteiger partial charge in [-0.1, -0.05) is 0 Å². The first kappa shape index (κ1) is 6.62. The number of hydrogen-bond acceptors (Lipinski definition) is 1. The molecular weight excluding hydrogens is 115 g/mol. The monoisotopic (exact) mass is 122 g/mol. The average molecular weight is 122 g/mol. The second-order valence-corrected chi connectivity index (χ2v) is 1.42. The first-order valence-electron chi connectivity index (χ1n) is 1.86. The summed E-state index contributed by atoms with van der Waals surface area (Å²) in [5.74, 6) is 0. The maximum absolute atomic E-state index is 11.2. The molecule has 7 heavy (non-hydrogen) atoms. The second-order valence-electron chi connectivity index (χ2n) is 0.980. The molecule has 0 saturated heterocycles. The van der Waals surface area contributed by atoms with Crippen LogP contribution in [0.25, 0.3) is 0 Å². The molecule has 0 spiro atoms. The summed E-state index contributed by atoms with van der Waals surface area (Å²) < 4.78 is 11.2. The van der Waals surface area contributed by atoms with Crippen molar-refractivity contribution in [3.8, 4) is 0 Å². The third-order valence-corrected chi connectivity index (χ3v) is 0.538. The number of rotatable bonds is 2. The van der Waals surface area contributed by atoms with Gasteiger partial charge < -0.3 is 11.1 Å². The van der Waals surface area contributed by atoms with Gasteiger partial charge in [0.15, 0.2) is 5.11 Å². The Morgan fingerprint density at radius 2 is 2.43 bits per heavy atom. The van der Waals surface area contributed by atoms with Gasteiger partial charge in [0.2, 0.25) is 0 Å². The van der Waals surface area contributed by atoms with Gasteiger partial charge in [0.25, 0.3) is 0 Å². The molecule has 0 aromatic rings. The minimum atomic E-state index is -0.433. The van der Waals surface area contributed by atoms with Gasteiger partial charge in [0, 0.05) is 6.54 Å². The van der Waals surface area contributed by atoms with Crippen molar-refractivity contribution in [2.24, 2.45) is 5.73 Å². The molecule has 0 heterocycles. The van der Waals surface area contributed by atoms with E-state index in [2.05, 4.69) is 17.5 Å². The highest BCUT2D eigenvalue weighted by molar-refractivity contribution is 7.80. The molecule has 4 heteroatoms. The maximum Gasteiger partial charge on any atom is 0.163 e. The Morgan fingerprint density at radius 3 is 2.57 bits per heavy atom. The van der Waals surface area contributed by atoms with Crippen LogP contribution in [0.5, 0.6) is 0 Å². The number of alkyl halides is 1. The zero-order valence-electron chi connectivity index (χ0n) is 3.78. The number of nitrogens with one attached hydrogen (secondary N) is 1. The Hall–Kier alpha value is -0.380. The SMILES string of the molecule is NC(=S)NCCF. The standard InChI is InChI=1S/C3H7FN2S/c4-1-2-6-3(5)7/h1-2H2,(H3,5,6,7). The summed E-state index contributed by atoms with van der Waals surface area (Å²) in [6.07, 6.45) is 0. The summed E-state index contributed by atoms with van der Waals surface area (Å²) in [5.41, 5.74) is 4.93. The van der Waals surface area contributed by atoms with Crippen LogP contribution in [0.15, 0.2) is 0 Å². The Balaban J connectivity index is 2.82. The van der Waals surface area contributed by atoms with Crippen LogP contribution in [0.4, 0.5) is 4.39 Å². The number of halogens is 1. The van der Waals surface area contributed by atoms with Crippen LogP contribution >= 0.6 is 12.2 Å². The minimum Gasteiger partial charge on any atom is -0.376 e. The van der Waals surface area contributed by atoms with Gasteiger partial charge in [-0.3, -0.25) is 0 Å². The number of nitrogens with two attached hydrogens (primary N) is 1. The van der Waals surface area contributed by atoms with Gasteiger partial charge in [0.05, 0.1) is 0 Å². The third kappa shape index (κ3) is 5.62. The highest BCUT2D eigenvalue weighted by atomic mass is 32.1. The molecule has 0 radical (unpaired) electrons. The molecular formula is C3H7FN2S. The van der Waals surface area contributed by atoms with E-state index in [1.165, 1.54) is 0 Å². The molecule has 42 valence electrons. The van der Waals surface area contributed by atoms with E-state index in [9.17, 15) is 4.39 Å². The third-order valence-electron chi connectivity index (χ3n) is 0.394. The van der Waals surface area contributed by atoms with Crippen molar-refractivity contribution in [1.82, 2.24) is 5.32 Å². The van der Waals surface area contributed by atoms with Crippen LogP contribution in [0.2, 0.25) is 0 Å². The van der Waals surface area contributed by atoms with Crippen molar-refractivity contribution in [1.29, 1.82) is 0 Å². The molecule has 3 N–H and O–H groups in total. The minimum absolute atomic E-state index is 0.151. The number of thiocarbonyl (C=S) groups is 1. The van der Waals surface area contributed by atoms with Gasteiger partial charge in [-0.15, -0.1) is 0 Å². The van der Waals surface area contributed by atoms with Gasteiger partial charge >= 0.3 is 0 Å². The van der Waals surface area contributed by atoms with E-state index in [1.807, 2.05) is 0 Å². The normalized spacial score (nSPS) is 8.14. The van der Waals surface area contributed by atoms with Crippen LogP contribution < -0.4 is 11.1 Å². The summed E-state index contributed by atoms with van der Waals surface area (Å²) >= 11 is 4.36. The quantitative estimate of drug-likeness (QED) is 0.498. The molecule has 0 aromatic carbocycles. The Labute approximate surface area is 46.9 Å². The zero-order valence-corrected chi connectivity index (χ0v) is 4.59. The summed E-state index contributed by atoms with van der Waals surface area (Å²) in [4.78, 5) is 0. The molecule has 0 aromatic heterocycles. The molecule has 0 fully saturated rings. The predicted molar refractivity (Wildman–Crippen MR) is 30.8 cm³/mol. The summed E-state index contributed by atoms with van der Waals surface area (Å²) in [5, 5.41) is 2.58. The predicted octanol–water partition coefficient (Wildman–Crippen LogP) is -0.211. The van der Waals surface area contributed by atoms with E-state index in [0.717, 1.165) is 0 Å². The molecule has 0 aliphatic heterocycles. The van der Waals surface area contributed by atoms with E-state index >= 15 is 0 Å². The molecule has 0 bridgehead atoms. The smallest absolute Gasteiger partial charge is 0.163 e.